The molecule has 2 rings (SSSR count). The molecule has 0 aliphatic carbocycles. The van der Waals surface area contributed by atoms with Crippen molar-refractivity contribution in [3.8, 4) is 5.75 Å². The number of fused-ring (bicyclic) bond motifs is 1. The maximum absolute atomic E-state index is 11.0. The Morgan fingerprint density at radius 2 is 2.07 bits per heavy atom. The molecular formula is C11H9NO3. The number of nitrogens with zero attached hydrogens (tertiary/aromatic N) is 1. The van der Waals surface area contributed by atoms with Crippen molar-refractivity contribution in [2.75, 3.05) is 7.11 Å². The second-order valence-corrected chi connectivity index (χ2v) is 2.89. The van der Waals surface area contributed by atoms with Crippen LogP contribution in [0.2, 0.25) is 0 Å². The molecule has 1 aromatic carbocycles. The van der Waals surface area contributed by atoms with Crippen LogP contribution in [0.3, 0.4) is 0 Å². The first-order valence-electron chi connectivity index (χ1n) is 4.41. The van der Waals surface area contributed by atoms with Gasteiger partial charge in [-0.15, -0.1) is 0 Å². The molecule has 0 saturated heterocycles. The summed E-state index contributed by atoms with van der Waals surface area (Å²) in [7, 11) is 1.26. The highest BCUT2D eigenvalue weighted by atomic mass is 16.7. The molecule has 0 fully saturated rings. The van der Waals surface area contributed by atoms with Gasteiger partial charge in [-0.3, -0.25) is 4.98 Å². The van der Waals surface area contributed by atoms with Crippen LogP contribution in [0.15, 0.2) is 36.5 Å². The van der Waals surface area contributed by atoms with Gasteiger partial charge in [0.2, 0.25) is 0 Å². The van der Waals surface area contributed by atoms with Gasteiger partial charge in [0.1, 0.15) is 5.52 Å². The predicted octanol–water partition coefficient (Wildman–Crippen LogP) is 2.38. The van der Waals surface area contributed by atoms with E-state index in [1.54, 1.807) is 18.3 Å². The van der Waals surface area contributed by atoms with Gasteiger partial charge in [0.15, 0.2) is 5.75 Å². The van der Waals surface area contributed by atoms with Crippen molar-refractivity contribution < 1.29 is 14.3 Å². The van der Waals surface area contributed by atoms with E-state index in [2.05, 4.69) is 9.72 Å². The van der Waals surface area contributed by atoms with Crippen LogP contribution >= 0.6 is 0 Å². The van der Waals surface area contributed by atoms with Crippen LogP contribution in [0, 0.1) is 0 Å². The van der Waals surface area contributed by atoms with E-state index in [0.717, 1.165) is 5.39 Å². The van der Waals surface area contributed by atoms with Crippen molar-refractivity contribution in [2.45, 2.75) is 0 Å². The number of ether oxygens (including phenoxy) is 2. The Morgan fingerprint density at radius 1 is 1.27 bits per heavy atom. The van der Waals surface area contributed by atoms with Crippen LogP contribution in [-0.4, -0.2) is 18.2 Å². The average Bonchev–Trinajstić information content (AvgIpc) is 2.29. The largest absolute Gasteiger partial charge is 0.513 e. The van der Waals surface area contributed by atoms with Crippen LogP contribution in [0.5, 0.6) is 5.75 Å². The third-order valence-corrected chi connectivity index (χ3v) is 1.96. The van der Waals surface area contributed by atoms with Crippen LogP contribution in [0.4, 0.5) is 4.79 Å². The van der Waals surface area contributed by atoms with Gasteiger partial charge < -0.3 is 9.47 Å². The molecule has 0 aliphatic heterocycles. The minimum Gasteiger partial charge on any atom is -0.437 e. The number of para-hydroxylation sites is 1. The zero-order valence-corrected chi connectivity index (χ0v) is 8.14. The first-order valence-corrected chi connectivity index (χ1v) is 4.41. The van der Waals surface area contributed by atoms with E-state index in [-0.39, 0.29) is 0 Å². The minimum absolute atomic E-state index is 0.403. The number of methoxy groups -OCH3 is 1. The van der Waals surface area contributed by atoms with E-state index >= 15 is 0 Å². The molecule has 0 unspecified atom stereocenters. The fraction of sp³-hybridized carbons (Fsp3) is 0.0909. The third kappa shape index (κ3) is 1.88. The van der Waals surface area contributed by atoms with Gasteiger partial charge in [0.25, 0.3) is 0 Å². The molecule has 0 atom stereocenters. The first kappa shape index (κ1) is 9.45. The summed E-state index contributed by atoms with van der Waals surface area (Å²) in [4.78, 5) is 15.1. The van der Waals surface area contributed by atoms with E-state index < -0.39 is 6.16 Å². The van der Waals surface area contributed by atoms with Gasteiger partial charge >= 0.3 is 6.16 Å². The lowest BCUT2D eigenvalue weighted by Crippen LogP contribution is -2.07. The molecule has 4 heteroatoms. The molecule has 0 amide bonds. The molecule has 1 heterocycles. The summed E-state index contributed by atoms with van der Waals surface area (Å²) >= 11 is 0. The lowest BCUT2D eigenvalue weighted by atomic mass is 10.2. The summed E-state index contributed by atoms with van der Waals surface area (Å²) in [6, 6.07) is 9.08. The highest BCUT2D eigenvalue weighted by Gasteiger charge is 2.07. The molecule has 0 radical (unpaired) electrons. The third-order valence-electron chi connectivity index (χ3n) is 1.96. The summed E-state index contributed by atoms with van der Waals surface area (Å²) in [6.07, 6.45) is 0.903. The summed E-state index contributed by atoms with van der Waals surface area (Å²) in [5, 5.41) is 0.916. The van der Waals surface area contributed by atoms with E-state index in [9.17, 15) is 4.79 Å². The lowest BCUT2D eigenvalue weighted by Gasteiger charge is -2.04. The monoisotopic (exact) mass is 203 g/mol. The zero-order chi connectivity index (χ0) is 10.7. The quantitative estimate of drug-likeness (QED) is 0.527. The molecule has 0 bridgehead atoms. The molecule has 15 heavy (non-hydrogen) atoms. The van der Waals surface area contributed by atoms with Gasteiger partial charge in [0.05, 0.1) is 7.11 Å². The first-order chi connectivity index (χ1) is 7.31. The summed E-state index contributed by atoms with van der Waals surface area (Å²) in [6.45, 7) is 0. The molecule has 0 N–H and O–H groups in total. The molecular weight excluding hydrogens is 194 g/mol. The topological polar surface area (TPSA) is 48.4 Å². The Morgan fingerprint density at radius 3 is 2.87 bits per heavy atom. The fourth-order valence-electron chi connectivity index (χ4n) is 1.29. The van der Waals surface area contributed by atoms with Crippen molar-refractivity contribution in [1.29, 1.82) is 0 Å². The molecule has 0 saturated carbocycles. The average molecular weight is 203 g/mol. The number of hydrogen-bond acceptors (Lipinski definition) is 4. The van der Waals surface area contributed by atoms with Gasteiger partial charge in [0, 0.05) is 11.6 Å². The Hall–Kier alpha value is -2.10. The Kier molecular flexibility index (Phi) is 2.49. The van der Waals surface area contributed by atoms with Crippen molar-refractivity contribution in [1.82, 2.24) is 4.98 Å². The second-order valence-electron chi connectivity index (χ2n) is 2.89. The van der Waals surface area contributed by atoms with Gasteiger partial charge in [-0.2, -0.15) is 0 Å². The normalized spacial score (nSPS) is 9.93. The van der Waals surface area contributed by atoms with Crippen molar-refractivity contribution in [3.05, 3.63) is 36.5 Å². The maximum atomic E-state index is 11.0. The number of aromatic nitrogens is 1. The lowest BCUT2D eigenvalue weighted by molar-refractivity contribution is 0.122. The summed E-state index contributed by atoms with van der Waals surface area (Å²) < 4.78 is 9.37. The van der Waals surface area contributed by atoms with Crippen molar-refractivity contribution >= 4 is 17.1 Å². The zero-order valence-electron chi connectivity index (χ0n) is 8.14. The number of carbonyl (C=O) groups is 1. The Bertz CT molecular complexity index is 491. The molecule has 2 aromatic rings. The number of hydrogen-bond donors (Lipinski definition) is 0. The minimum atomic E-state index is -0.742. The number of rotatable bonds is 1. The standard InChI is InChI=1S/C11H9NO3/c1-14-11(13)15-9-6-2-4-8-5-3-7-12-10(8)9/h2-7H,1H3. The summed E-state index contributed by atoms with van der Waals surface area (Å²) in [5.74, 6) is 0.403. The van der Waals surface area contributed by atoms with Crippen LogP contribution in [-0.2, 0) is 4.74 Å². The van der Waals surface area contributed by atoms with E-state index in [1.165, 1.54) is 7.11 Å². The second kappa shape index (κ2) is 3.96. The molecule has 0 spiro atoms. The smallest absolute Gasteiger partial charge is 0.437 e. The maximum Gasteiger partial charge on any atom is 0.513 e. The van der Waals surface area contributed by atoms with E-state index in [4.69, 9.17) is 4.74 Å². The Balaban J connectivity index is 2.46. The van der Waals surface area contributed by atoms with Gasteiger partial charge in [-0.1, -0.05) is 18.2 Å². The molecule has 1 aromatic heterocycles. The van der Waals surface area contributed by atoms with Crippen LogP contribution < -0.4 is 4.74 Å². The van der Waals surface area contributed by atoms with Gasteiger partial charge in [-0.05, 0) is 12.1 Å². The van der Waals surface area contributed by atoms with Crippen LogP contribution in [0.25, 0.3) is 10.9 Å². The molecule has 0 aliphatic rings. The van der Waals surface area contributed by atoms with E-state index in [1.807, 2.05) is 18.2 Å². The van der Waals surface area contributed by atoms with E-state index in [0.29, 0.717) is 11.3 Å². The predicted molar refractivity (Wildman–Crippen MR) is 54.8 cm³/mol. The number of benzene rings is 1. The Labute approximate surface area is 86.5 Å². The molecule has 4 nitrogen and oxygen atoms in total. The number of carbonyl (C=O) groups excluding carboxylic acids is 1. The highest BCUT2D eigenvalue weighted by Crippen LogP contribution is 2.22. The molecule has 76 valence electrons. The highest BCUT2D eigenvalue weighted by molar-refractivity contribution is 5.85. The SMILES string of the molecule is COC(=O)Oc1cccc2cccnc12. The van der Waals surface area contributed by atoms with Crippen molar-refractivity contribution in [3.63, 3.8) is 0 Å². The van der Waals surface area contributed by atoms with Crippen LogP contribution in [0.1, 0.15) is 0 Å². The van der Waals surface area contributed by atoms with Gasteiger partial charge in [-0.25, -0.2) is 4.79 Å². The van der Waals surface area contributed by atoms with Crippen molar-refractivity contribution in [2.24, 2.45) is 0 Å². The number of pyridine rings is 1. The summed E-state index contributed by atoms with van der Waals surface area (Å²) in [5.41, 5.74) is 0.644. The fourth-order valence-corrected chi connectivity index (χ4v) is 1.29.